The van der Waals surface area contributed by atoms with Gasteiger partial charge in [0.2, 0.25) is 0 Å². The van der Waals surface area contributed by atoms with E-state index in [1.807, 2.05) is 23.5 Å². The first-order chi connectivity index (χ1) is 14.2. The zero-order valence-electron chi connectivity index (χ0n) is 16.6. The maximum absolute atomic E-state index is 4.39. The minimum Gasteiger partial charge on any atom is -0.355 e. The molecule has 1 saturated carbocycles. The summed E-state index contributed by atoms with van der Waals surface area (Å²) in [4.78, 5) is 9.72. The van der Waals surface area contributed by atoms with Crippen molar-refractivity contribution in [1.82, 2.24) is 25.4 Å². The van der Waals surface area contributed by atoms with E-state index in [1.54, 1.807) is 12.7 Å². The number of thioether (sulfide) groups is 1. The van der Waals surface area contributed by atoms with E-state index in [1.165, 1.54) is 28.9 Å². The Bertz CT molecular complexity index is 935. The smallest absolute Gasteiger partial charge is 0.191 e. The molecule has 7 heteroatoms. The number of aromatic nitrogens is 3. The second-order valence-electron chi connectivity index (χ2n) is 7.29. The quantitative estimate of drug-likeness (QED) is 0.444. The summed E-state index contributed by atoms with van der Waals surface area (Å²) in [6, 6.07) is 19.1. The van der Waals surface area contributed by atoms with Crippen molar-refractivity contribution in [1.29, 1.82) is 0 Å². The van der Waals surface area contributed by atoms with Gasteiger partial charge in [0.05, 0.1) is 6.54 Å². The third-order valence-corrected chi connectivity index (χ3v) is 6.44. The van der Waals surface area contributed by atoms with Crippen molar-refractivity contribution in [3.8, 4) is 0 Å². The topological polar surface area (TPSA) is 67.1 Å². The monoisotopic (exact) mass is 406 g/mol. The normalized spacial score (nSPS) is 15.1. The molecule has 0 bridgehead atoms. The molecular formula is C22H26N6S. The van der Waals surface area contributed by atoms with Crippen molar-refractivity contribution < 1.29 is 0 Å². The molecule has 2 aromatic carbocycles. The number of nitrogens with one attached hydrogen (secondary N) is 2. The van der Waals surface area contributed by atoms with Crippen LogP contribution >= 0.6 is 11.8 Å². The van der Waals surface area contributed by atoms with Gasteiger partial charge < -0.3 is 10.6 Å². The van der Waals surface area contributed by atoms with Crippen LogP contribution in [0.25, 0.3) is 0 Å². The lowest BCUT2D eigenvalue weighted by atomic mass is 10.1. The van der Waals surface area contributed by atoms with Crippen LogP contribution in [0.1, 0.15) is 24.0 Å². The largest absolute Gasteiger partial charge is 0.355 e. The van der Waals surface area contributed by atoms with Gasteiger partial charge in [-0.1, -0.05) is 42.5 Å². The van der Waals surface area contributed by atoms with E-state index in [4.69, 9.17) is 0 Å². The van der Waals surface area contributed by atoms with E-state index < -0.39 is 0 Å². The van der Waals surface area contributed by atoms with E-state index in [9.17, 15) is 0 Å². The summed E-state index contributed by atoms with van der Waals surface area (Å²) in [5.41, 5.74) is 2.42. The van der Waals surface area contributed by atoms with Gasteiger partial charge >= 0.3 is 0 Å². The maximum atomic E-state index is 4.39. The van der Waals surface area contributed by atoms with Gasteiger partial charge in [-0.3, -0.25) is 4.99 Å². The number of nitrogens with zero attached hydrogens (tertiary/aromatic N) is 4. The third kappa shape index (κ3) is 5.60. The van der Waals surface area contributed by atoms with E-state index >= 15 is 0 Å². The van der Waals surface area contributed by atoms with Crippen LogP contribution < -0.4 is 10.6 Å². The molecular weight excluding hydrogens is 380 g/mol. The van der Waals surface area contributed by atoms with Gasteiger partial charge in [0, 0.05) is 29.8 Å². The van der Waals surface area contributed by atoms with Crippen LogP contribution in [0, 0.1) is 0 Å². The Morgan fingerprint density at radius 2 is 1.93 bits per heavy atom. The summed E-state index contributed by atoms with van der Waals surface area (Å²) in [6.07, 6.45) is 5.77. The van der Waals surface area contributed by atoms with Crippen LogP contribution in [0.2, 0.25) is 0 Å². The second-order valence-corrected chi connectivity index (χ2v) is 8.83. The molecule has 1 fully saturated rings. The van der Waals surface area contributed by atoms with Crippen LogP contribution in [0.15, 0.2) is 77.1 Å². The van der Waals surface area contributed by atoms with Gasteiger partial charge in [-0.2, -0.15) is 5.10 Å². The first-order valence-corrected chi connectivity index (χ1v) is 10.7. The van der Waals surface area contributed by atoms with E-state index in [2.05, 4.69) is 80.3 Å². The highest BCUT2D eigenvalue weighted by atomic mass is 32.2. The zero-order valence-corrected chi connectivity index (χ0v) is 17.4. The van der Waals surface area contributed by atoms with Crippen molar-refractivity contribution in [2.24, 2.45) is 4.99 Å². The third-order valence-electron chi connectivity index (χ3n) is 4.95. The zero-order chi connectivity index (χ0) is 19.9. The molecule has 0 saturated heterocycles. The first kappa shape index (κ1) is 19.5. The molecule has 29 heavy (non-hydrogen) atoms. The molecule has 4 rings (SSSR count). The maximum Gasteiger partial charge on any atom is 0.191 e. The number of guanidine groups is 1. The number of benzene rings is 2. The molecule has 0 amide bonds. The minimum atomic E-state index is 0.288. The Hall–Kier alpha value is -2.80. The second kappa shape index (κ2) is 9.13. The highest BCUT2D eigenvalue weighted by Gasteiger charge is 2.43. The molecule has 0 atom stereocenters. The Morgan fingerprint density at radius 3 is 2.66 bits per heavy atom. The Morgan fingerprint density at radius 1 is 1.10 bits per heavy atom. The van der Waals surface area contributed by atoms with Crippen LogP contribution in [0.3, 0.4) is 0 Å². The molecule has 3 aromatic rings. The minimum absolute atomic E-state index is 0.288. The average molecular weight is 407 g/mol. The van der Waals surface area contributed by atoms with Gasteiger partial charge in [0.1, 0.15) is 12.7 Å². The molecule has 150 valence electrons. The lowest BCUT2D eigenvalue weighted by Crippen LogP contribution is -2.40. The Balaban J connectivity index is 1.28. The molecule has 1 aliphatic rings. The molecule has 0 spiro atoms. The summed E-state index contributed by atoms with van der Waals surface area (Å²) < 4.78 is 2.11. The number of rotatable bonds is 8. The SMILES string of the molecule is CN=C(NCc1cccc(Cn2cncn2)c1)NCC1(Sc2ccccc2)CC1. The fourth-order valence-corrected chi connectivity index (χ4v) is 4.43. The fraction of sp³-hybridized carbons (Fsp3) is 0.318. The summed E-state index contributed by atoms with van der Waals surface area (Å²) in [5, 5.41) is 11.1. The Kier molecular flexibility index (Phi) is 6.14. The summed E-state index contributed by atoms with van der Waals surface area (Å²) in [5.74, 6) is 0.839. The highest BCUT2D eigenvalue weighted by Crippen LogP contribution is 2.51. The van der Waals surface area contributed by atoms with Crippen molar-refractivity contribution >= 4 is 17.7 Å². The molecule has 2 N–H and O–H groups in total. The van der Waals surface area contributed by atoms with Crippen molar-refractivity contribution in [3.05, 3.63) is 78.4 Å². The number of aliphatic imine (C=N–C) groups is 1. The molecule has 0 radical (unpaired) electrons. The summed E-state index contributed by atoms with van der Waals surface area (Å²) in [6.45, 7) is 2.36. The first-order valence-electron chi connectivity index (χ1n) is 9.84. The Labute approximate surface area is 175 Å². The average Bonchev–Trinajstić information content (AvgIpc) is 3.31. The van der Waals surface area contributed by atoms with E-state index in [0.717, 1.165) is 25.6 Å². The molecule has 1 aromatic heterocycles. The fourth-order valence-electron chi connectivity index (χ4n) is 3.18. The molecule has 1 aliphatic carbocycles. The van der Waals surface area contributed by atoms with Crippen molar-refractivity contribution in [2.75, 3.05) is 13.6 Å². The standard InChI is InChI=1S/C22H26N6S/c1-23-21(26-15-22(10-11-22)29-20-8-3-2-4-9-20)25-13-18-6-5-7-19(12-18)14-28-17-24-16-27-28/h2-9,12,16-17H,10-11,13-15H2,1H3,(H2,23,25,26). The van der Waals surface area contributed by atoms with E-state index in [0.29, 0.717) is 0 Å². The summed E-state index contributed by atoms with van der Waals surface area (Å²) >= 11 is 1.97. The van der Waals surface area contributed by atoms with Crippen LogP contribution in [-0.4, -0.2) is 39.1 Å². The van der Waals surface area contributed by atoms with Crippen LogP contribution in [0.4, 0.5) is 0 Å². The molecule has 0 unspecified atom stereocenters. The lowest BCUT2D eigenvalue weighted by molar-refractivity contribution is 0.683. The number of hydrogen-bond donors (Lipinski definition) is 2. The van der Waals surface area contributed by atoms with Crippen molar-refractivity contribution in [2.45, 2.75) is 35.6 Å². The van der Waals surface area contributed by atoms with Gasteiger partial charge in [0.25, 0.3) is 0 Å². The van der Waals surface area contributed by atoms with Gasteiger partial charge in [-0.25, -0.2) is 9.67 Å². The van der Waals surface area contributed by atoms with Gasteiger partial charge in [-0.15, -0.1) is 11.8 Å². The summed E-state index contributed by atoms with van der Waals surface area (Å²) in [7, 11) is 1.82. The predicted molar refractivity (Wildman–Crippen MR) is 118 cm³/mol. The van der Waals surface area contributed by atoms with Crippen molar-refractivity contribution in [3.63, 3.8) is 0 Å². The van der Waals surface area contributed by atoms with Crippen LogP contribution in [-0.2, 0) is 13.1 Å². The van der Waals surface area contributed by atoms with Gasteiger partial charge in [0.15, 0.2) is 5.96 Å². The highest BCUT2D eigenvalue weighted by molar-refractivity contribution is 8.01. The number of hydrogen-bond acceptors (Lipinski definition) is 4. The van der Waals surface area contributed by atoms with E-state index in [-0.39, 0.29) is 4.75 Å². The van der Waals surface area contributed by atoms with Gasteiger partial charge in [-0.05, 0) is 36.1 Å². The molecule has 6 nitrogen and oxygen atoms in total. The molecule has 1 heterocycles. The molecule has 0 aliphatic heterocycles. The predicted octanol–water partition coefficient (Wildman–Crippen LogP) is 3.32. The lowest BCUT2D eigenvalue weighted by Gasteiger charge is -2.18. The van der Waals surface area contributed by atoms with Crippen LogP contribution in [0.5, 0.6) is 0 Å².